The summed E-state index contributed by atoms with van der Waals surface area (Å²) in [4.78, 5) is 0. The van der Waals surface area contributed by atoms with E-state index in [0.29, 0.717) is 5.92 Å². The second-order valence-corrected chi connectivity index (χ2v) is 3.78. The normalized spacial score (nSPS) is 21.3. The number of nitrogens with one attached hydrogen (secondary N) is 1. The fraction of sp³-hybridized carbons (Fsp3) is 0.385. The molecule has 72 valence electrons. The molecule has 0 amide bonds. The molecular formula is C13H15N. The van der Waals surface area contributed by atoms with Crippen molar-refractivity contribution in [3.8, 4) is 12.3 Å². The van der Waals surface area contributed by atoms with Crippen molar-refractivity contribution in [2.45, 2.75) is 24.8 Å². The van der Waals surface area contributed by atoms with E-state index in [1.807, 2.05) is 7.05 Å². The molecule has 0 spiro atoms. The summed E-state index contributed by atoms with van der Waals surface area (Å²) in [6.45, 7) is 0. The standard InChI is InChI=1S/C13H15N/c1-3-13(14-2)12-9-8-10-6-4-5-7-11(10)12/h1,4-7,12-14H,8-9H2,2H3. The van der Waals surface area contributed by atoms with Crippen LogP contribution in [0.25, 0.3) is 0 Å². The van der Waals surface area contributed by atoms with Gasteiger partial charge in [-0.25, -0.2) is 0 Å². The van der Waals surface area contributed by atoms with E-state index in [9.17, 15) is 0 Å². The van der Waals surface area contributed by atoms with Gasteiger partial charge in [-0.3, -0.25) is 0 Å². The van der Waals surface area contributed by atoms with E-state index in [1.165, 1.54) is 24.0 Å². The smallest absolute Gasteiger partial charge is 0.0754 e. The van der Waals surface area contributed by atoms with Gasteiger partial charge in [0.15, 0.2) is 0 Å². The molecule has 1 N–H and O–H groups in total. The minimum atomic E-state index is 0.179. The lowest BCUT2D eigenvalue weighted by molar-refractivity contribution is 0.546. The first-order chi connectivity index (χ1) is 6.86. The molecule has 1 aromatic carbocycles. The quantitative estimate of drug-likeness (QED) is 0.694. The third-order valence-corrected chi connectivity index (χ3v) is 3.07. The van der Waals surface area contributed by atoms with E-state index in [1.54, 1.807) is 0 Å². The third-order valence-electron chi connectivity index (χ3n) is 3.07. The summed E-state index contributed by atoms with van der Waals surface area (Å²) in [6, 6.07) is 8.79. The molecule has 1 aromatic rings. The molecule has 0 radical (unpaired) electrons. The highest BCUT2D eigenvalue weighted by Gasteiger charge is 2.27. The predicted octanol–water partition coefficient (Wildman–Crippen LogP) is 1.94. The topological polar surface area (TPSA) is 12.0 Å². The zero-order valence-corrected chi connectivity index (χ0v) is 8.46. The van der Waals surface area contributed by atoms with Gasteiger partial charge in [-0.2, -0.15) is 0 Å². The summed E-state index contributed by atoms with van der Waals surface area (Å²) in [5, 5.41) is 3.20. The van der Waals surface area contributed by atoms with Gasteiger partial charge in [-0.15, -0.1) is 6.42 Å². The summed E-state index contributed by atoms with van der Waals surface area (Å²) < 4.78 is 0. The maximum atomic E-state index is 5.51. The lowest BCUT2D eigenvalue weighted by Gasteiger charge is -2.18. The highest BCUT2D eigenvalue weighted by Crippen LogP contribution is 2.34. The SMILES string of the molecule is C#CC(NC)C1CCc2ccccc21. The number of aryl methyl sites for hydroxylation is 1. The molecule has 0 aromatic heterocycles. The van der Waals surface area contributed by atoms with Crippen LogP contribution in [-0.2, 0) is 6.42 Å². The van der Waals surface area contributed by atoms with Crippen molar-refractivity contribution in [1.29, 1.82) is 0 Å². The minimum Gasteiger partial charge on any atom is -0.306 e. The molecule has 0 fully saturated rings. The molecule has 0 saturated heterocycles. The van der Waals surface area contributed by atoms with Crippen LogP contribution in [0, 0.1) is 12.3 Å². The van der Waals surface area contributed by atoms with Crippen LogP contribution in [0.2, 0.25) is 0 Å². The number of rotatable bonds is 2. The number of hydrogen-bond donors (Lipinski definition) is 1. The van der Waals surface area contributed by atoms with Gasteiger partial charge in [0.1, 0.15) is 0 Å². The van der Waals surface area contributed by atoms with Crippen molar-refractivity contribution in [1.82, 2.24) is 5.32 Å². The highest BCUT2D eigenvalue weighted by molar-refractivity contribution is 5.37. The Hall–Kier alpha value is -1.26. The number of benzene rings is 1. The summed E-state index contributed by atoms with van der Waals surface area (Å²) in [5.41, 5.74) is 2.90. The van der Waals surface area contributed by atoms with Gasteiger partial charge in [0.2, 0.25) is 0 Å². The Balaban J connectivity index is 2.30. The predicted molar refractivity (Wildman–Crippen MR) is 59.2 cm³/mol. The van der Waals surface area contributed by atoms with Gasteiger partial charge in [0.25, 0.3) is 0 Å². The van der Waals surface area contributed by atoms with E-state index in [0.717, 1.165) is 0 Å². The number of hydrogen-bond acceptors (Lipinski definition) is 1. The lowest BCUT2D eigenvalue weighted by atomic mass is 9.94. The fourth-order valence-electron chi connectivity index (χ4n) is 2.34. The van der Waals surface area contributed by atoms with Crippen molar-refractivity contribution in [2.24, 2.45) is 0 Å². The average Bonchev–Trinajstić information content (AvgIpc) is 2.65. The maximum absolute atomic E-state index is 5.51. The van der Waals surface area contributed by atoms with Crippen molar-refractivity contribution in [2.75, 3.05) is 7.05 Å². The molecule has 1 heteroatoms. The molecule has 14 heavy (non-hydrogen) atoms. The van der Waals surface area contributed by atoms with Crippen molar-refractivity contribution >= 4 is 0 Å². The van der Waals surface area contributed by atoms with Gasteiger partial charge in [0, 0.05) is 5.92 Å². The summed E-state index contributed by atoms with van der Waals surface area (Å²) in [6.07, 6.45) is 7.85. The summed E-state index contributed by atoms with van der Waals surface area (Å²) in [5.74, 6) is 3.32. The monoisotopic (exact) mass is 185 g/mol. The van der Waals surface area contributed by atoms with Crippen molar-refractivity contribution < 1.29 is 0 Å². The summed E-state index contributed by atoms with van der Waals surface area (Å²) >= 11 is 0. The fourth-order valence-corrected chi connectivity index (χ4v) is 2.34. The van der Waals surface area contributed by atoms with E-state index < -0.39 is 0 Å². The first-order valence-corrected chi connectivity index (χ1v) is 5.08. The van der Waals surface area contributed by atoms with Gasteiger partial charge in [-0.1, -0.05) is 30.2 Å². The molecule has 2 atom stereocenters. The van der Waals surface area contributed by atoms with Crippen LogP contribution in [0.4, 0.5) is 0 Å². The largest absolute Gasteiger partial charge is 0.306 e. The molecule has 0 saturated carbocycles. The molecule has 1 aliphatic carbocycles. The molecule has 2 unspecified atom stereocenters. The minimum absolute atomic E-state index is 0.179. The zero-order valence-electron chi connectivity index (χ0n) is 8.46. The van der Waals surface area contributed by atoms with E-state index >= 15 is 0 Å². The van der Waals surface area contributed by atoms with Gasteiger partial charge in [-0.05, 0) is 31.0 Å². The summed E-state index contributed by atoms with van der Waals surface area (Å²) in [7, 11) is 1.94. The second-order valence-electron chi connectivity index (χ2n) is 3.78. The second kappa shape index (κ2) is 3.86. The Morgan fingerprint density at radius 1 is 1.50 bits per heavy atom. The molecule has 1 nitrogen and oxygen atoms in total. The van der Waals surface area contributed by atoms with Crippen molar-refractivity contribution in [3.63, 3.8) is 0 Å². The van der Waals surface area contributed by atoms with Crippen LogP contribution < -0.4 is 5.32 Å². The van der Waals surface area contributed by atoms with E-state index in [4.69, 9.17) is 6.42 Å². The van der Waals surface area contributed by atoms with E-state index in [2.05, 4.69) is 35.5 Å². The van der Waals surface area contributed by atoms with Gasteiger partial charge >= 0.3 is 0 Å². The number of terminal acetylenes is 1. The highest BCUT2D eigenvalue weighted by atomic mass is 14.9. The Morgan fingerprint density at radius 2 is 2.29 bits per heavy atom. The lowest BCUT2D eigenvalue weighted by Crippen LogP contribution is -2.29. The average molecular weight is 185 g/mol. The van der Waals surface area contributed by atoms with Crippen LogP contribution >= 0.6 is 0 Å². The molecular weight excluding hydrogens is 170 g/mol. The van der Waals surface area contributed by atoms with Crippen LogP contribution in [0.5, 0.6) is 0 Å². The Labute approximate surface area is 85.5 Å². The van der Waals surface area contributed by atoms with E-state index in [-0.39, 0.29) is 6.04 Å². The van der Waals surface area contributed by atoms with Gasteiger partial charge < -0.3 is 5.32 Å². The number of fused-ring (bicyclic) bond motifs is 1. The van der Waals surface area contributed by atoms with Crippen molar-refractivity contribution in [3.05, 3.63) is 35.4 Å². The molecule has 0 heterocycles. The Morgan fingerprint density at radius 3 is 3.00 bits per heavy atom. The van der Waals surface area contributed by atoms with Gasteiger partial charge in [0.05, 0.1) is 6.04 Å². The Bertz CT molecular complexity index is 362. The number of likely N-dealkylation sites (N-methyl/N-ethyl adjacent to an activating group) is 1. The van der Waals surface area contributed by atoms with Crippen LogP contribution in [-0.4, -0.2) is 13.1 Å². The first-order valence-electron chi connectivity index (χ1n) is 5.08. The Kier molecular flexibility index (Phi) is 2.56. The maximum Gasteiger partial charge on any atom is 0.0754 e. The van der Waals surface area contributed by atoms with Crippen LogP contribution in [0.15, 0.2) is 24.3 Å². The molecule has 0 aliphatic heterocycles. The molecule has 2 rings (SSSR count). The first kappa shape index (κ1) is 9.30. The van der Waals surface area contributed by atoms with Crippen LogP contribution in [0.3, 0.4) is 0 Å². The van der Waals surface area contributed by atoms with Crippen LogP contribution in [0.1, 0.15) is 23.5 Å². The molecule has 0 bridgehead atoms. The third kappa shape index (κ3) is 1.42. The molecule has 1 aliphatic rings. The zero-order chi connectivity index (χ0) is 9.97.